The minimum Gasteiger partial charge on any atom is -0.508 e. The van der Waals surface area contributed by atoms with Gasteiger partial charge in [0.2, 0.25) is 0 Å². The van der Waals surface area contributed by atoms with E-state index in [1.54, 1.807) is 0 Å². The summed E-state index contributed by atoms with van der Waals surface area (Å²) in [6.07, 6.45) is 7.08. The van der Waals surface area contributed by atoms with Gasteiger partial charge in [0.25, 0.3) is 5.92 Å². The predicted molar refractivity (Wildman–Crippen MR) is 164 cm³/mol. The van der Waals surface area contributed by atoms with E-state index in [1.807, 2.05) is 4.90 Å². The van der Waals surface area contributed by atoms with Crippen molar-refractivity contribution in [2.45, 2.75) is 55.8 Å². The van der Waals surface area contributed by atoms with E-state index < -0.39 is 48.5 Å². The Kier molecular flexibility index (Phi) is 6.97. The van der Waals surface area contributed by atoms with Gasteiger partial charge in [0.15, 0.2) is 5.82 Å². The van der Waals surface area contributed by atoms with Gasteiger partial charge < -0.3 is 19.5 Å². The van der Waals surface area contributed by atoms with E-state index in [2.05, 4.69) is 20.9 Å². The van der Waals surface area contributed by atoms with Crippen molar-refractivity contribution in [3.63, 3.8) is 0 Å². The standard InChI is InChI=1S/C34H30F5N5O3/c1-2-22-24(36)6-4-18-10-21(45)11-23(26(18)22)29-28(37)30-27-25(40-29)7-5-20-14-46-17-34(38,39)15-44(20)31(27)42-32(41-30)47-16-33-8-3-9-43(33)13-19(35)12-33/h1,4,6,10-11,19-20,45H,3,5,7-9,12-17H2/t19-,20-,33+/m1/s1. The third kappa shape index (κ3) is 4.92. The number of phenolic OH excluding ortho intramolecular Hbond substituents is 1. The molecule has 8 nitrogen and oxygen atoms in total. The molecule has 244 valence electrons. The number of pyridine rings is 1. The zero-order valence-electron chi connectivity index (χ0n) is 25.2. The number of halogens is 5. The van der Waals surface area contributed by atoms with Crippen molar-refractivity contribution in [3.05, 3.63) is 47.2 Å². The van der Waals surface area contributed by atoms with Crippen molar-refractivity contribution in [3.8, 4) is 35.4 Å². The van der Waals surface area contributed by atoms with Crippen LogP contribution in [0.4, 0.5) is 27.8 Å². The summed E-state index contributed by atoms with van der Waals surface area (Å²) in [5.41, 5.74) is -0.804. The molecular weight excluding hydrogens is 621 g/mol. The van der Waals surface area contributed by atoms with E-state index in [1.165, 1.54) is 29.2 Å². The summed E-state index contributed by atoms with van der Waals surface area (Å²) in [5.74, 6) is -2.73. The Morgan fingerprint density at radius 2 is 2.00 bits per heavy atom. The fourth-order valence-corrected chi connectivity index (χ4v) is 7.89. The summed E-state index contributed by atoms with van der Waals surface area (Å²) in [6, 6.07) is 4.45. The van der Waals surface area contributed by atoms with Crippen LogP contribution in [0, 0.1) is 24.0 Å². The minimum absolute atomic E-state index is 0.0153. The van der Waals surface area contributed by atoms with E-state index in [4.69, 9.17) is 15.9 Å². The molecule has 1 N–H and O–H groups in total. The third-order valence-electron chi connectivity index (χ3n) is 9.95. The normalized spacial score (nSPS) is 25.3. The number of rotatable bonds is 4. The summed E-state index contributed by atoms with van der Waals surface area (Å²) in [4.78, 5) is 17.2. The molecular formula is C34H30F5N5O3. The highest BCUT2D eigenvalue weighted by atomic mass is 19.3. The molecule has 4 aromatic rings. The summed E-state index contributed by atoms with van der Waals surface area (Å²) in [6.45, 7) is -0.452. The van der Waals surface area contributed by atoms with E-state index in [9.17, 15) is 22.7 Å². The van der Waals surface area contributed by atoms with Crippen LogP contribution in [0.25, 0.3) is 32.9 Å². The van der Waals surface area contributed by atoms with Crippen LogP contribution in [0.3, 0.4) is 0 Å². The smallest absolute Gasteiger partial charge is 0.319 e. The number of hydrogen-bond donors (Lipinski definition) is 1. The fraction of sp³-hybridized carbons (Fsp3) is 0.441. The number of aromatic nitrogens is 3. The van der Waals surface area contributed by atoms with Crippen LogP contribution in [0.15, 0.2) is 24.3 Å². The molecule has 47 heavy (non-hydrogen) atoms. The predicted octanol–water partition coefficient (Wildman–Crippen LogP) is 5.55. The number of fused-ring (bicyclic) bond motifs is 4. The van der Waals surface area contributed by atoms with Crippen molar-refractivity contribution >= 4 is 27.5 Å². The molecule has 4 aliphatic heterocycles. The zero-order chi connectivity index (χ0) is 32.7. The highest BCUT2D eigenvalue weighted by molar-refractivity contribution is 6.03. The average molecular weight is 652 g/mol. The molecule has 3 fully saturated rings. The molecule has 0 aliphatic carbocycles. The highest BCUT2D eigenvalue weighted by Gasteiger charge is 2.49. The summed E-state index contributed by atoms with van der Waals surface area (Å²) < 4.78 is 87.8. The molecule has 0 radical (unpaired) electrons. The molecule has 0 spiro atoms. The first kappa shape index (κ1) is 30.1. The minimum atomic E-state index is -3.22. The van der Waals surface area contributed by atoms with Crippen molar-refractivity contribution in [1.82, 2.24) is 19.9 Å². The van der Waals surface area contributed by atoms with E-state index in [0.717, 1.165) is 13.0 Å². The molecule has 8 rings (SSSR count). The number of anilines is 1. The van der Waals surface area contributed by atoms with Crippen molar-refractivity contribution in [1.29, 1.82) is 0 Å². The van der Waals surface area contributed by atoms with Crippen molar-refractivity contribution in [2.24, 2.45) is 0 Å². The van der Waals surface area contributed by atoms with Crippen molar-refractivity contribution in [2.75, 3.05) is 44.4 Å². The van der Waals surface area contributed by atoms with Crippen LogP contribution in [0.5, 0.6) is 11.8 Å². The third-order valence-corrected chi connectivity index (χ3v) is 9.95. The highest BCUT2D eigenvalue weighted by Crippen LogP contribution is 2.44. The number of ether oxygens (including phenoxy) is 2. The largest absolute Gasteiger partial charge is 0.508 e. The number of terminal acetylenes is 1. The van der Waals surface area contributed by atoms with E-state index in [-0.39, 0.29) is 76.7 Å². The molecule has 13 heteroatoms. The number of alkyl halides is 3. The topological polar surface area (TPSA) is 83.8 Å². The number of nitrogens with zero attached hydrogens (tertiary/aromatic N) is 5. The number of aryl methyl sites for hydroxylation is 1. The van der Waals surface area contributed by atoms with Crippen LogP contribution in [0.1, 0.15) is 36.9 Å². The van der Waals surface area contributed by atoms with Crippen molar-refractivity contribution < 1.29 is 36.5 Å². The molecule has 0 unspecified atom stereocenters. The Labute approximate surface area is 266 Å². The number of phenols is 1. The Morgan fingerprint density at radius 1 is 1.15 bits per heavy atom. The molecule has 6 heterocycles. The second-order valence-corrected chi connectivity index (χ2v) is 13.0. The van der Waals surface area contributed by atoms with Crippen LogP contribution < -0.4 is 9.64 Å². The van der Waals surface area contributed by atoms with Crippen LogP contribution >= 0.6 is 0 Å². The number of hydrogen-bond acceptors (Lipinski definition) is 8. The summed E-state index contributed by atoms with van der Waals surface area (Å²) in [5, 5.41) is 11.3. The molecule has 2 aromatic heterocycles. The van der Waals surface area contributed by atoms with E-state index >= 15 is 4.39 Å². The lowest BCUT2D eigenvalue weighted by Crippen LogP contribution is -2.44. The molecule has 0 bridgehead atoms. The van der Waals surface area contributed by atoms with Gasteiger partial charge in [-0.15, -0.1) is 6.42 Å². The maximum absolute atomic E-state index is 17.0. The Bertz CT molecular complexity index is 1990. The molecule has 0 amide bonds. The lowest BCUT2D eigenvalue weighted by atomic mass is 9.95. The lowest BCUT2D eigenvalue weighted by molar-refractivity contribution is -0.0574. The lowest BCUT2D eigenvalue weighted by Gasteiger charge is -2.32. The second-order valence-electron chi connectivity index (χ2n) is 13.0. The van der Waals surface area contributed by atoms with Crippen LogP contribution in [0.2, 0.25) is 0 Å². The second kappa shape index (κ2) is 10.9. The molecule has 3 atom stereocenters. The number of benzene rings is 2. The first-order chi connectivity index (χ1) is 22.6. The number of aromatic hydroxyl groups is 1. The quantitative estimate of drug-likeness (QED) is 0.227. The molecule has 2 aromatic carbocycles. The fourth-order valence-electron chi connectivity index (χ4n) is 7.89. The van der Waals surface area contributed by atoms with Crippen LogP contribution in [-0.2, 0) is 11.2 Å². The van der Waals surface area contributed by atoms with E-state index in [0.29, 0.717) is 30.5 Å². The maximum Gasteiger partial charge on any atom is 0.319 e. The Balaban J connectivity index is 1.34. The summed E-state index contributed by atoms with van der Waals surface area (Å²) >= 11 is 0. The molecule has 0 saturated carbocycles. The first-order valence-electron chi connectivity index (χ1n) is 15.6. The zero-order valence-corrected chi connectivity index (χ0v) is 25.2. The van der Waals surface area contributed by atoms with Gasteiger partial charge in [-0.25, -0.2) is 26.9 Å². The van der Waals surface area contributed by atoms with Gasteiger partial charge in [0.05, 0.1) is 41.4 Å². The molecule has 3 saturated heterocycles. The Morgan fingerprint density at radius 3 is 2.83 bits per heavy atom. The van der Waals surface area contributed by atoms with Gasteiger partial charge >= 0.3 is 6.01 Å². The first-order valence-corrected chi connectivity index (χ1v) is 15.6. The average Bonchev–Trinajstić information content (AvgIpc) is 3.45. The van der Waals surface area contributed by atoms with Gasteiger partial charge in [-0.3, -0.25) is 4.90 Å². The van der Waals surface area contributed by atoms with Gasteiger partial charge in [0, 0.05) is 23.9 Å². The molecule has 4 aliphatic rings. The van der Waals surface area contributed by atoms with Gasteiger partial charge in [-0.2, -0.15) is 9.97 Å². The SMILES string of the molecule is C#Cc1c(F)ccc2cc(O)cc(-c3nc4c5c(nc(OC[C@@]67CCCN6C[C@H](F)C7)nc5c3F)N3CC(F)(F)COC[C@H]3CC4)c12. The monoisotopic (exact) mass is 651 g/mol. The van der Waals surface area contributed by atoms with Gasteiger partial charge in [-0.05, 0) is 55.8 Å². The summed E-state index contributed by atoms with van der Waals surface area (Å²) in [7, 11) is 0. The van der Waals surface area contributed by atoms with Crippen LogP contribution in [-0.4, -0.2) is 88.1 Å². The maximum atomic E-state index is 17.0. The Hall–Kier alpha value is -4.28. The van der Waals surface area contributed by atoms with Gasteiger partial charge in [0.1, 0.15) is 48.0 Å². The van der Waals surface area contributed by atoms with Gasteiger partial charge in [-0.1, -0.05) is 12.0 Å².